The van der Waals surface area contributed by atoms with Gasteiger partial charge in [-0.3, -0.25) is 5.41 Å². The molecule has 0 aromatic carbocycles. The second-order valence-corrected chi connectivity index (χ2v) is 5.77. The van der Waals surface area contributed by atoms with Gasteiger partial charge in [0.15, 0.2) is 0 Å². The van der Waals surface area contributed by atoms with E-state index in [9.17, 15) is 0 Å². The van der Waals surface area contributed by atoms with Crippen molar-refractivity contribution in [2.45, 2.75) is 52.4 Å². The Morgan fingerprint density at radius 2 is 2.20 bits per heavy atom. The van der Waals surface area contributed by atoms with E-state index in [0.717, 1.165) is 31.4 Å². The van der Waals surface area contributed by atoms with Crippen LogP contribution in [0.25, 0.3) is 0 Å². The van der Waals surface area contributed by atoms with Crippen LogP contribution in [-0.2, 0) is 12.8 Å². The van der Waals surface area contributed by atoms with E-state index in [0.29, 0.717) is 24.0 Å². The highest BCUT2D eigenvalue weighted by Crippen LogP contribution is 2.26. The number of nitrogens with two attached hydrogens (primary N) is 1. The van der Waals surface area contributed by atoms with Crippen LogP contribution in [0.1, 0.15) is 56.4 Å². The van der Waals surface area contributed by atoms with E-state index < -0.39 is 0 Å². The number of fused-ring (bicyclic) bond motifs is 1. The van der Waals surface area contributed by atoms with Crippen molar-refractivity contribution in [2.24, 2.45) is 11.7 Å². The average molecular weight is 275 g/mol. The van der Waals surface area contributed by atoms with Crippen LogP contribution in [0.3, 0.4) is 0 Å². The van der Waals surface area contributed by atoms with Crippen LogP contribution in [0.15, 0.2) is 6.07 Å². The summed E-state index contributed by atoms with van der Waals surface area (Å²) in [6, 6.07) is 2.00. The summed E-state index contributed by atoms with van der Waals surface area (Å²) in [5.74, 6) is 1.09. The number of nitrogens with one attached hydrogen (secondary N) is 1. The standard InChI is InChI=1S/C16H25N3O/c1-3-6-11(2)10-20-16-13(15(17)18)9-12-7-4-5-8-14(12)19-16/h9,11H,3-8,10H2,1-2H3,(H3,17,18). The molecule has 0 saturated carbocycles. The Bertz CT molecular complexity index is 485. The van der Waals surface area contributed by atoms with Gasteiger partial charge in [-0.1, -0.05) is 20.3 Å². The summed E-state index contributed by atoms with van der Waals surface area (Å²) >= 11 is 0. The predicted octanol–water partition coefficient (Wildman–Crippen LogP) is 3.06. The van der Waals surface area contributed by atoms with E-state index in [-0.39, 0.29) is 5.84 Å². The second kappa shape index (κ2) is 6.73. The molecular weight excluding hydrogens is 250 g/mol. The molecule has 20 heavy (non-hydrogen) atoms. The Morgan fingerprint density at radius 3 is 2.90 bits per heavy atom. The van der Waals surface area contributed by atoms with Crippen molar-refractivity contribution in [3.8, 4) is 5.88 Å². The van der Waals surface area contributed by atoms with Crippen molar-refractivity contribution in [1.82, 2.24) is 4.98 Å². The van der Waals surface area contributed by atoms with Gasteiger partial charge < -0.3 is 10.5 Å². The first kappa shape index (κ1) is 14.8. The summed E-state index contributed by atoms with van der Waals surface area (Å²) in [6.45, 7) is 4.99. The van der Waals surface area contributed by atoms with Crippen LogP contribution in [0.5, 0.6) is 5.88 Å². The molecule has 3 N–H and O–H groups in total. The molecule has 1 unspecified atom stereocenters. The minimum atomic E-state index is 0.0454. The molecular formula is C16H25N3O. The Kier molecular flexibility index (Phi) is 4.99. The molecule has 0 saturated heterocycles. The van der Waals surface area contributed by atoms with Crippen LogP contribution in [0.2, 0.25) is 0 Å². The molecule has 1 aliphatic rings. The first-order chi connectivity index (χ1) is 9.61. The lowest BCUT2D eigenvalue weighted by Crippen LogP contribution is -2.19. The third-order valence-electron chi connectivity index (χ3n) is 3.84. The van der Waals surface area contributed by atoms with Gasteiger partial charge in [-0.25, -0.2) is 4.98 Å². The molecule has 1 heterocycles. The van der Waals surface area contributed by atoms with Crippen LogP contribution in [-0.4, -0.2) is 17.4 Å². The maximum atomic E-state index is 7.72. The SMILES string of the molecule is CCCC(C)COc1nc2c(cc1C(=N)N)CCCC2. The predicted molar refractivity (Wildman–Crippen MR) is 81.5 cm³/mol. The van der Waals surface area contributed by atoms with Gasteiger partial charge in [0.25, 0.3) is 0 Å². The molecule has 0 amide bonds. The molecule has 0 aliphatic heterocycles. The van der Waals surface area contributed by atoms with E-state index in [1.54, 1.807) is 0 Å². The van der Waals surface area contributed by atoms with E-state index in [4.69, 9.17) is 15.9 Å². The Morgan fingerprint density at radius 1 is 1.45 bits per heavy atom. The molecule has 0 spiro atoms. The zero-order valence-corrected chi connectivity index (χ0v) is 12.5. The van der Waals surface area contributed by atoms with Crippen molar-refractivity contribution in [2.75, 3.05) is 6.61 Å². The monoisotopic (exact) mass is 275 g/mol. The fourth-order valence-corrected chi connectivity index (χ4v) is 2.71. The summed E-state index contributed by atoms with van der Waals surface area (Å²) in [5, 5.41) is 7.72. The number of ether oxygens (including phenoxy) is 1. The maximum absolute atomic E-state index is 7.72. The van der Waals surface area contributed by atoms with Gasteiger partial charge >= 0.3 is 0 Å². The summed E-state index contributed by atoms with van der Waals surface area (Å²) in [7, 11) is 0. The zero-order valence-electron chi connectivity index (χ0n) is 12.5. The largest absolute Gasteiger partial charge is 0.477 e. The summed E-state index contributed by atoms with van der Waals surface area (Å²) < 4.78 is 5.85. The van der Waals surface area contributed by atoms with Gasteiger partial charge in [-0.2, -0.15) is 0 Å². The van der Waals surface area contributed by atoms with E-state index >= 15 is 0 Å². The molecule has 2 rings (SSSR count). The number of nitrogens with zero attached hydrogens (tertiary/aromatic N) is 1. The number of amidine groups is 1. The third kappa shape index (κ3) is 3.50. The van der Waals surface area contributed by atoms with Crippen molar-refractivity contribution in [1.29, 1.82) is 5.41 Å². The number of pyridine rings is 1. The molecule has 1 aliphatic carbocycles. The van der Waals surface area contributed by atoms with Crippen molar-refractivity contribution in [3.05, 3.63) is 22.9 Å². The zero-order chi connectivity index (χ0) is 14.5. The van der Waals surface area contributed by atoms with Crippen LogP contribution < -0.4 is 10.5 Å². The summed E-state index contributed by atoms with van der Waals surface area (Å²) in [4.78, 5) is 4.62. The van der Waals surface area contributed by atoms with E-state index in [1.807, 2.05) is 6.07 Å². The second-order valence-electron chi connectivity index (χ2n) is 5.77. The van der Waals surface area contributed by atoms with Gasteiger partial charge in [0, 0.05) is 5.69 Å². The first-order valence-electron chi connectivity index (χ1n) is 7.61. The highest BCUT2D eigenvalue weighted by atomic mass is 16.5. The number of aryl methyl sites for hydroxylation is 2. The van der Waals surface area contributed by atoms with Crippen molar-refractivity contribution in [3.63, 3.8) is 0 Å². The number of rotatable bonds is 6. The number of aromatic nitrogens is 1. The minimum Gasteiger partial charge on any atom is -0.477 e. The summed E-state index contributed by atoms with van der Waals surface area (Å²) in [6.07, 6.45) is 6.72. The lowest BCUT2D eigenvalue weighted by molar-refractivity contribution is 0.241. The highest BCUT2D eigenvalue weighted by Gasteiger charge is 2.18. The number of nitrogen functional groups attached to an aromatic ring is 1. The minimum absolute atomic E-state index is 0.0454. The molecule has 4 heteroatoms. The molecule has 1 atom stereocenters. The first-order valence-corrected chi connectivity index (χ1v) is 7.61. The number of hydrogen-bond acceptors (Lipinski definition) is 3. The lowest BCUT2D eigenvalue weighted by Gasteiger charge is -2.19. The molecule has 1 aromatic heterocycles. The quantitative estimate of drug-likeness (QED) is 0.619. The molecule has 0 fully saturated rings. The third-order valence-corrected chi connectivity index (χ3v) is 3.84. The smallest absolute Gasteiger partial charge is 0.224 e. The molecule has 0 bridgehead atoms. The maximum Gasteiger partial charge on any atom is 0.224 e. The van der Waals surface area contributed by atoms with Gasteiger partial charge in [0.2, 0.25) is 5.88 Å². The molecule has 110 valence electrons. The highest BCUT2D eigenvalue weighted by molar-refractivity contribution is 5.97. The van der Waals surface area contributed by atoms with Crippen molar-refractivity contribution >= 4 is 5.84 Å². The Balaban J connectivity index is 2.19. The summed E-state index contributed by atoms with van der Waals surface area (Å²) in [5.41, 5.74) is 8.68. The van der Waals surface area contributed by atoms with Gasteiger partial charge in [-0.15, -0.1) is 0 Å². The van der Waals surface area contributed by atoms with Crippen LogP contribution >= 0.6 is 0 Å². The molecule has 0 radical (unpaired) electrons. The van der Waals surface area contributed by atoms with Crippen LogP contribution in [0.4, 0.5) is 0 Å². The van der Waals surface area contributed by atoms with Gasteiger partial charge in [0.1, 0.15) is 5.84 Å². The molecule has 4 nitrogen and oxygen atoms in total. The Hall–Kier alpha value is -1.58. The average Bonchev–Trinajstić information content (AvgIpc) is 2.44. The van der Waals surface area contributed by atoms with E-state index in [2.05, 4.69) is 18.8 Å². The fraction of sp³-hybridized carbons (Fsp3) is 0.625. The Labute approximate surface area is 121 Å². The van der Waals surface area contributed by atoms with Crippen molar-refractivity contribution < 1.29 is 4.74 Å². The fourth-order valence-electron chi connectivity index (χ4n) is 2.71. The topological polar surface area (TPSA) is 72.0 Å². The van der Waals surface area contributed by atoms with Gasteiger partial charge in [-0.05, 0) is 49.7 Å². The van der Waals surface area contributed by atoms with E-state index in [1.165, 1.54) is 18.4 Å². The normalized spacial score (nSPS) is 15.5. The lowest BCUT2D eigenvalue weighted by atomic mass is 9.95. The number of hydrogen-bond donors (Lipinski definition) is 2. The molecule has 1 aromatic rings. The van der Waals surface area contributed by atoms with Crippen LogP contribution in [0, 0.1) is 11.3 Å². The van der Waals surface area contributed by atoms with Gasteiger partial charge in [0.05, 0.1) is 12.2 Å².